The molecule has 4 nitrogen and oxygen atoms in total. The number of hydrogen-bond acceptors (Lipinski definition) is 3. The van der Waals surface area contributed by atoms with Crippen LogP contribution in [0.5, 0.6) is 0 Å². The largest absolute Gasteiger partial charge is 0.479 e. The molecule has 0 radical (unpaired) electrons. The second-order valence-corrected chi connectivity index (χ2v) is 3.15. The highest BCUT2D eigenvalue weighted by Crippen LogP contribution is 2.19. The molecule has 15 heavy (non-hydrogen) atoms. The summed E-state index contributed by atoms with van der Waals surface area (Å²) in [5, 5.41) is 17.9. The van der Waals surface area contributed by atoms with Gasteiger partial charge in [-0.05, 0) is 0 Å². The molecule has 0 aliphatic rings. The summed E-state index contributed by atoms with van der Waals surface area (Å²) >= 11 is 5.36. The van der Waals surface area contributed by atoms with E-state index in [1.54, 1.807) is 12.1 Å². The first-order valence-corrected chi connectivity index (χ1v) is 4.70. The normalized spacial score (nSPS) is 12.1. The molecule has 1 rings (SSSR count). The number of hydrogen-bond donors (Lipinski definition) is 2. The number of Topliss-reactive ketones (excluding diaryl/α,β-unsaturated/α-hetero) is 1. The van der Waals surface area contributed by atoms with E-state index in [1.165, 1.54) is 12.1 Å². The van der Waals surface area contributed by atoms with Gasteiger partial charge < -0.3 is 10.2 Å². The molecule has 0 aliphatic heterocycles. The number of benzene rings is 1. The maximum atomic E-state index is 11.3. The van der Waals surface area contributed by atoms with Crippen LogP contribution >= 0.6 is 11.6 Å². The van der Waals surface area contributed by atoms with Gasteiger partial charge in [0.25, 0.3) is 0 Å². The Morgan fingerprint density at radius 2 is 1.93 bits per heavy atom. The lowest BCUT2D eigenvalue weighted by molar-refractivity contribution is -0.146. The first kappa shape index (κ1) is 11.7. The third-order valence-corrected chi connectivity index (χ3v) is 2.15. The molecule has 1 aromatic carbocycles. The third-order valence-electron chi connectivity index (χ3n) is 1.91. The van der Waals surface area contributed by atoms with E-state index >= 15 is 0 Å². The zero-order valence-electron chi connectivity index (χ0n) is 7.68. The molecule has 0 fully saturated rings. The van der Waals surface area contributed by atoms with Gasteiger partial charge in [-0.1, -0.05) is 24.3 Å². The van der Waals surface area contributed by atoms with E-state index in [1.807, 2.05) is 0 Å². The fourth-order valence-corrected chi connectivity index (χ4v) is 1.34. The number of halogens is 1. The number of aliphatic hydroxyl groups excluding tert-OH is 1. The van der Waals surface area contributed by atoms with Crippen LogP contribution in [0.2, 0.25) is 0 Å². The SMILES string of the molecule is O=C(CCl)c1ccccc1C(O)C(=O)O. The number of carbonyl (C=O) groups is 2. The van der Waals surface area contributed by atoms with Gasteiger partial charge in [0.1, 0.15) is 0 Å². The topological polar surface area (TPSA) is 74.6 Å². The molecule has 0 heterocycles. The minimum absolute atomic E-state index is 0.0654. The molecule has 1 unspecified atom stereocenters. The Balaban J connectivity index is 3.17. The summed E-state index contributed by atoms with van der Waals surface area (Å²) in [6.45, 7) is 0. The van der Waals surface area contributed by atoms with Crippen molar-refractivity contribution < 1.29 is 19.8 Å². The molecule has 1 aromatic rings. The Morgan fingerprint density at radius 3 is 2.47 bits per heavy atom. The van der Waals surface area contributed by atoms with Crippen LogP contribution in [-0.2, 0) is 4.79 Å². The van der Waals surface area contributed by atoms with Gasteiger partial charge >= 0.3 is 5.97 Å². The lowest BCUT2D eigenvalue weighted by Gasteiger charge is -2.09. The molecule has 0 saturated heterocycles. The zero-order valence-corrected chi connectivity index (χ0v) is 8.44. The van der Waals surface area contributed by atoms with Crippen LogP contribution < -0.4 is 0 Å². The van der Waals surface area contributed by atoms with Gasteiger partial charge in [-0.25, -0.2) is 4.79 Å². The van der Waals surface area contributed by atoms with E-state index in [0.717, 1.165) is 0 Å². The van der Waals surface area contributed by atoms with E-state index in [4.69, 9.17) is 16.7 Å². The van der Waals surface area contributed by atoms with E-state index < -0.39 is 17.9 Å². The molecule has 0 aliphatic carbocycles. The monoisotopic (exact) mass is 228 g/mol. The second kappa shape index (κ2) is 4.91. The highest BCUT2D eigenvalue weighted by atomic mass is 35.5. The van der Waals surface area contributed by atoms with Crippen molar-refractivity contribution in [3.63, 3.8) is 0 Å². The number of carboxylic acids is 1. The summed E-state index contributed by atoms with van der Waals surface area (Å²) in [5.74, 6) is -2.05. The number of carboxylic acid groups (broad SMARTS) is 1. The van der Waals surface area contributed by atoms with Crippen molar-refractivity contribution >= 4 is 23.4 Å². The molecule has 0 aromatic heterocycles. The summed E-state index contributed by atoms with van der Waals surface area (Å²) in [6, 6.07) is 5.95. The molecular formula is C10H9ClO4. The van der Waals surface area contributed by atoms with Gasteiger partial charge in [-0.2, -0.15) is 0 Å². The number of carbonyl (C=O) groups excluding carboxylic acids is 1. The van der Waals surface area contributed by atoms with Crippen molar-refractivity contribution in [3.8, 4) is 0 Å². The lowest BCUT2D eigenvalue weighted by atomic mass is 10.00. The van der Waals surface area contributed by atoms with Crippen molar-refractivity contribution in [2.45, 2.75) is 6.10 Å². The smallest absolute Gasteiger partial charge is 0.337 e. The average Bonchev–Trinajstić information content (AvgIpc) is 2.27. The summed E-state index contributed by atoms with van der Waals surface area (Å²) < 4.78 is 0. The third kappa shape index (κ3) is 2.55. The van der Waals surface area contributed by atoms with Crippen LogP contribution in [0.3, 0.4) is 0 Å². The van der Waals surface area contributed by atoms with Crippen LogP contribution in [0.15, 0.2) is 24.3 Å². The Bertz CT molecular complexity index is 389. The van der Waals surface area contributed by atoms with Gasteiger partial charge in [0.2, 0.25) is 0 Å². The van der Waals surface area contributed by atoms with Gasteiger partial charge in [0.05, 0.1) is 5.88 Å². The van der Waals surface area contributed by atoms with Crippen LogP contribution in [0.25, 0.3) is 0 Å². The van der Waals surface area contributed by atoms with Gasteiger partial charge in [0, 0.05) is 11.1 Å². The quantitative estimate of drug-likeness (QED) is 0.600. The predicted octanol–water partition coefficient (Wildman–Crippen LogP) is 1.23. The van der Waals surface area contributed by atoms with E-state index in [-0.39, 0.29) is 17.0 Å². The van der Waals surface area contributed by atoms with E-state index in [0.29, 0.717) is 0 Å². The summed E-state index contributed by atoms with van der Waals surface area (Å²) in [5.41, 5.74) is 0.207. The standard InChI is InChI=1S/C10H9ClO4/c11-5-8(12)6-3-1-2-4-7(6)9(13)10(14)15/h1-4,9,13H,5H2,(H,14,15). The maximum Gasteiger partial charge on any atom is 0.337 e. The molecule has 0 bridgehead atoms. The molecule has 0 amide bonds. The molecule has 0 saturated carbocycles. The minimum atomic E-state index is -1.70. The Hall–Kier alpha value is -1.39. The van der Waals surface area contributed by atoms with Gasteiger partial charge in [0.15, 0.2) is 11.9 Å². The Kier molecular flexibility index (Phi) is 3.82. The van der Waals surface area contributed by atoms with Crippen LogP contribution in [0.4, 0.5) is 0 Å². The molecular weight excluding hydrogens is 220 g/mol. The van der Waals surface area contributed by atoms with Crippen molar-refractivity contribution in [3.05, 3.63) is 35.4 Å². The molecule has 0 spiro atoms. The Labute approximate surface area is 91.1 Å². The van der Waals surface area contributed by atoms with Crippen molar-refractivity contribution in [2.75, 3.05) is 5.88 Å². The van der Waals surface area contributed by atoms with E-state index in [2.05, 4.69) is 0 Å². The minimum Gasteiger partial charge on any atom is -0.479 e. The fraction of sp³-hybridized carbons (Fsp3) is 0.200. The molecule has 2 N–H and O–H groups in total. The summed E-state index contributed by atoms with van der Waals surface area (Å²) in [6.07, 6.45) is -1.70. The van der Waals surface area contributed by atoms with Gasteiger partial charge in [-0.3, -0.25) is 4.79 Å². The van der Waals surface area contributed by atoms with Crippen molar-refractivity contribution in [2.24, 2.45) is 0 Å². The predicted molar refractivity (Wildman–Crippen MR) is 54.1 cm³/mol. The highest BCUT2D eigenvalue weighted by molar-refractivity contribution is 6.30. The van der Waals surface area contributed by atoms with Gasteiger partial charge in [-0.15, -0.1) is 11.6 Å². The first-order chi connectivity index (χ1) is 7.07. The molecule has 5 heteroatoms. The number of aliphatic carboxylic acids is 1. The lowest BCUT2D eigenvalue weighted by Crippen LogP contribution is -2.15. The number of alkyl halides is 1. The van der Waals surface area contributed by atoms with Crippen LogP contribution in [-0.4, -0.2) is 27.8 Å². The highest BCUT2D eigenvalue weighted by Gasteiger charge is 2.21. The second-order valence-electron chi connectivity index (χ2n) is 2.88. The average molecular weight is 229 g/mol. The van der Waals surface area contributed by atoms with Crippen LogP contribution in [0.1, 0.15) is 22.0 Å². The van der Waals surface area contributed by atoms with E-state index in [9.17, 15) is 14.7 Å². The number of rotatable bonds is 4. The zero-order chi connectivity index (χ0) is 11.4. The summed E-state index contributed by atoms with van der Waals surface area (Å²) in [7, 11) is 0. The summed E-state index contributed by atoms with van der Waals surface area (Å²) in [4.78, 5) is 21.9. The molecule has 80 valence electrons. The maximum absolute atomic E-state index is 11.3. The van der Waals surface area contributed by atoms with Crippen LogP contribution in [0, 0.1) is 0 Å². The fourth-order valence-electron chi connectivity index (χ4n) is 1.19. The van der Waals surface area contributed by atoms with Crippen molar-refractivity contribution in [1.29, 1.82) is 0 Å². The van der Waals surface area contributed by atoms with Crippen molar-refractivity contribution in [1.82, 2.24) is 0 Å². The number of ketones is 1. The first-order valence-electron chi connectivity index (χ1n) is 4.17. The Morgan fingerprint density at radius 1 is 1.33 bits per heavy atom. The number of aliphatic hydroxyl groups is 1. The molecule has 1 atom stereocenters.